The van der Waals surface area contributed by atoms with Gasteiger partial charge in [-0.15, -0.1) is 0 Å². The van der Waals surface area contributed by atoms with Crippen molar-refractivity contribution in [1.82, 2.24) is 5.32 Å². The van der Waals surface area contributed by atoms with Gasteiger partial charge in [-0.3, -0.25) is 9.10 Å². The van der Waals surface area contributed by atoms with E-state index in [2.05, 4.69) is 11.4 Å². The van der Waals surface area contributed by atoms with Gasteiger partial charge in [0.1, 0.15) is 12.3 Å². The summed E-state index contributed by atoms with van der Waals surface area (Å²) in [6.07, 6.45) is 2.72. The molecule has 172 valence electrons. The maximum atomic E-state index is 13.6. The maximum absolute atomic E-state index is 13.6. The molecule has 0 fully saturated rings. The van der Waals surface area contributed by atoms with Gasteiger partial charge in [-0.2, -0.15) is 0 Å². The third kappa shape index (κ3) is 4.99. The number of ether oxygens (including phenoxy) is 1. The van der Waals surface area contributed by atoms with Crippen LogP contribution in [0.25, 0.3) is 0 Å². The summed E-state index contributed by atoms with van der Waals surface area (Å²) in [5.41, 5.74) is 2.49. The predicted molar refractivity (Wildman–Crippen MR) is 129 cm³/mol. The quantitative estimate of drug-likeness (QED) is 0.525. The van der Waals surface area contributed by atoms with Crippen LogP contribution in [0.1, 0.15) is 30.0 Å². The number of carbonyl (C=O) groups excluding carboxylic acids is 1. The van der Waals surface area contributed by atoms with Crippen molar-refractivity contribution in [2.75, 3.05) is 18.0 Å². The molecule has 3 aromatic rings. The molecule has 0 bridgehead atoms. The van der Waals surface area contributed by atoms with Gasteiger partial charge in [0, 0.05) is 5.02 Å². The van der Waals surface area contributed by atoms with E-state index in [0.29, 0.717) is 10.8 Å². The summed E-state index contributed by atoms with van der Waals surface area (Å²) >= 11 is 6.18. The van der Waals surface area contributed by atoms with E-state index in [1.807, 2.05) is 18.2 Å². The number of fused-ring (bicyclic) bond motifs is 1. The van der Waals surface area contributed by atoms with Crippen LogP contribution in [0.15, 0.2) is 77.7 Å². The average Bonchev–Trinajstić information content (AvgIpc) is 2.83. The Hall–Kier alpha value is -3.03. The highest BCUT2D eigenvalue weighted by atomic mass is 35.5. The van der Waals surface area contributed by atoms with Crippen molar-refractivity contribution in [3.63, 3.8) is 0 Å². The molecule has 0 aliphatic heterocycles. The van der Waals surface area contributed by atoms with Gasteiger partial charge in [-0.25, -0.2) is 8.42 Å². The fourth-order valence-electron chi connectivity index (χ4n) is 4.15. The monoisotopic (exact) mass is 484 g/mol. The number of benzene rings is 3. The Bertz CT molecular complexity index is 1250. The summed E-state index contributed by atoms with van der Waals surface area (Å²) in [6, 6.07) is 20.5. The first-order chi connectivity index (χ1) is 15.9. The molecule has 0 unspecified atom stereocenters. The van der Waals surface area contributed by atoms with Gasteiger partial charge in [0.2, 0.25) is 5.91 Å². The van der Waals surface area contributed by atoms with Crippen molar-refractivity contribution in [3.05, 3.63) is 88.9 Å². The third-order valence-corrected chi connectivity index (χ3v) is 7.74. The highest BCUT2D eigenvalue weighted by Gasteiger charge is 2.31. The van der Waals surface area contributed by atoms with E-state index in [1.165, 1.54) is 30.9 Å². The summed E-state index contributed by atoms with van der Waals surface area (Å²) < 4.78 is 33.6. The number of sulfonamides is 1. The maximum Gasteiger partial charge on any atom is 0.264 e. The molecule has 8 heteroatoms. The van der Waals surface area contributed by atoms with Gasteiger partial charge in [-0.05, 0) is 60.7 Å². The zero-order valence-corrected chi connectivity index (χ0v) is 19.8. The molecule has 0 spiro atoms. The predicted octanol–water partition coefficient (Wildman–Crippen LogP) is 4.74. The molecule has 0 radical (unpaired) electrons. The molecule has 0 aromatic heterocycles. The molecule has 0 saturated heterocycles. The van der Waals surface area contributed by atoms with Crippen molar-refractivity contribution in [3.8, 4) is 5.75 Å². The Balaban J connectivity index is 1.68. The molecule has 0 saturated carbocycles. The molecule has 6 nitrogen and oxygen atoms in total. The third-order valence-electron chi connectivity index (χ3n) is 5.73. The van der Waals surface area contributed by atoms with Crippen LogP contribution < -0.4 is 14.4 Å². The lowest BCUT2D eigenvalue weighted by Gasteiger charge is -2.29. The first-order valence-electron chi connectivity index (χ1n) is 10.7. The number of hydrogen-bond donors (Lipinski definition) is 1. The number of nitrogens with one attached hydrogen (secondary N) is 1. The van der Waals surface area contributed by atoms with E-state index in [0.717, 1.165) is 29.1 Å². The summed E-state index contributed by atoms with van der Waals surface area (Å²) in [6.45, 7) is -0.410. The number of hydrogen-bond acceptors (Lipinski definition) is 4. The zero-order chi connectivity index (χ0) is 23.4. The van der Waals surface area contributed by atoms with Gasteiger partial charge < -0.3 is 10.1 Å². The first kappa shape index (κ1) is 23.1. The van der Waals surface area contributed by atoms with Crippen LogP contribution in [0, 0.1) is 0 Å². The van der Waals surface area contributed by atoms with E-state index in [4.69, 9.17) is 16.3 Å². The van der Waals surface area contributed by atoms with Crippen LogP contribution in [0.4, 0.5) is 5.69 Å². The average molecular weight is 485 g/mol. The summed E-state index contributed by atoms with van der Waals surface area (Å²) in [5, 5.41) is 3.37. The highest BCUT2D eigenvalue weighted by molar-refractivity contribution is 7.92. The number of methoxy groups -OCH3 is 1. The fraction of sp³-hybridized carbons (Fsp3) is 0.240. The minimum atomic E-state index is -4.07. The van der Waals surface area contributed by atoms with Crippen LogP contribution in [0.5, 0.6) is 5.75 Å². The summed E-state index contributed by atoms with van der Waals surface area (Å²) in [5.74, 6) is -0.104. The Kier molecular flexibility index (Phi) is 6.91. The second-order valence-corrected chi connectivity index (χ2v) is 10.2. The molecule has 4 rings (SSSR count). The van der Waals surface area contributed by atoms with E-state index < -0.39 is 22.5 Å². The van der Waals surface area contributed by atoms with E-state index in [-0.39, 0.29) is 16.6 Å². The number of halogens is 1. The molecule has 1 amide bonds. The topological polar surface area (TPSA) is 75.7 Å². The second-order valence-electron chi connectivity index (χ2n) is 7.85. The Morgan fingerprint density at radius 3 is 2.58 bits per heavy atom. The SMILES string of the molecule is COc1ccc(Cl)cc1N(CC(=O)N[C@H]1CCCc2ccccc21)S(=O)(=O)c1ccccc1. The zero-order valence-electron chi connectivity index (χ0n) is 18.2. The van der Waals surface area contributed by atoms with Gasteiger partial charge >= 0.3 is 0 Å². The van der Waals surface area contributed by atoms with Crippen LogP contribution in [0.3, 0.4) is 0 Å². The number of anilines is 1. The molecule has 3 aromatic carbocycles. The number of carbonyl (C=O) groups is 1. The lowest BCUT2D eigenvalue weighted by atomic mass is 9.88. The minimum absolute atomic E-state index is 0.0721. The number of nitrogens with zero attached hydrogens (tertiary/aromatic N) is 1. The smallest absolute Gasteiger partial charge is 0.264 e. The molecule has 0 heterocycles. The molecular weight excluding hydrogens is 460 g/mol. The standard InChI is InChI=1S/C25H25ClN2O4S/c1-32-24-15-14-19(26)16-23(24)28(33(30,31)20-10-3-2-4-11-20)17-25(29)27-22-13-7-9-18-8-5-6-12-21(18)22/h2-6,8,10-12,14-16,22H,7,9,13,17H2,1H3,(H,27,29)/t22-/m0/s1. The van der Waals surface area contributed by atoms with Crippen molar-refractivity contribution in [2.45, 2.75) is 30.2 Å². The van der Waals surface area contributed by atoms with Gasteiger partial charge in [0.25, 0.3) is 10.0 Å². The fourth-order valence-corrected chi connectivity index (χ4v) is 5.76. The van der Waals surface area contributed by atoms with Gasteiger partial charge in [0.15, 0.2) is 0 Å². The van der Waals surface area contributed by atoms with Crippen LogP contribution >= 0.6 is 11.6 Å². The lowest BCUT2D eigenvalue weighted by molar-refractivity contribution is -0.120. The number of rotatable bonds is 7. The van der Waals surface area contributed by atoms with Crippen molar-refractivity contribution < 1.29 is 17.9 Å². The number of amides is 1. The Morgan fingerprint density at radius 1 is 1.09 bits per heavy atom. The second kappa shape index (κ2) is 9.85. The minimum Gasteiger partial charge on any atom is -0.495 e. The van der Waals surface area contributed by atoms with Crippen LogP contribution in [0.2, 0.25) is 5.02 Å². The molecule has 1 aliphatic rings. The van der Waals surface area contributed by atoms with Crippen LogP contribution in [-0.2, 0) is 21.2 Å². The Morgan fingerprint density at radius 2 is 1.82 bits per heavy atom. The summed E-state index contributed by atoms with van der Waals surface area (Å²) in [7, 11) is -2.62. The molecule has 1 N–H and O–H groups in total. The lowest BCUT2D eigenvalue weighted by Crippen LogP contribution is -2.42. The van der Waals surface area contributed by atoms with Crippen molar-refractivity contribution in [1.29, 1.82) is 0 Å². The van der Waals surface area contributed by atoms with Crippen molar-refractivity contribution >= 4 is 33.2 Å². The van der Waals surface area contributed by atoms with E-state index in [9.17, 15) is 13.2 Å². The normalized spacial score (nSPS) is 15.4. The van der Waals surface area contributed by atoms with E-state index >= 15 is 0 Å². The first-order valence-corrected chi connectivity index (χ1v) is 12.5. The molecule has 33 heavy (non-hydrogen) atoms. The number of aryl methyl sites for hydroxylation is 1. The molecule has 1 atom stereocenters. The summed E-state index contributed by atoms with van der Waals surface area (Å²) in [4.78, 5) is 13.2. The Labute approximate surface area is 199 Å². The highest BCUT2D eigenvalue weighted by Crippen LogP contribution is 2.35. The van der Waals surface area contributed by atoms with Gasteiger partial charge in [-0.1, -0.05) is 54.1 Å². The molecular formula is C25H25ClN2O4S. The molecule has 1 aliphatic carbocycles. The largest absolute Gasteiger partial charge is 0.495 e. The van der Waals surface area contributed by atoms with Crippen LogP contribution in [-0.4, -0.2) is 28.0 Å². The van der Waals surface area contributed by atoms with E-state index in [1.54, 1.807) is 30.3 Å². The van der Waals surface area contributed by atoms with Gasteiger partial charge in [0.05, 0.1) is 23.7 Å². The van der Waals surface area contributed by atoms with Crippen molar-refractivity contribution in [2.24, 2.45) is 0 Å².